The lowest BCUT2D eigenvalue weighted by Gasteiger charge is -2.19. The molecule has 2 rings (SSSR count). The molecule has 3 N–H and O–H groups in total. The maximum Gasteiger partial charge on any atom is 0.401 e. The molecular formula is C18H27F3IN5O. The highest BCUT2D eigenvalue weighted by atomic mass is 127. The van der Waals surface area contributed by atoms with E-state index in [-0.39, 0.29) is 35.9 Å². The van der Waals surface area contributed by atoms with Crippen LogP contribution in [0.1, 0.15) is 25.8 Å². The van der Waals surface area contributed by atoms with Crippen molar-refractivity contribution in [1.29, 1.82) is 0 Å². The second-order valence-electron chi connectivity index (χ2n) is 6.56. The lowest BCUT2D eigenvalue weighted by atomic mass is 10.2. The minimum Gasteiger partial charge on any atom is -0.357 e. The molecule has 1 atom stereocenters. The van der Waals surface area contributed by atoms with Crippen molar-refractivity contribution in [2.75, 3.05) is 31.5 Å². The summed E-state index contributed by atoms with van der Waals surface area (Å²) in [6.07, 6.45) is -3.54. The van der Waals surface area contributed by atoms with Crippen LogP contribution in [0, 0.1) is 0 Å². The molecular weight excluding hydrogens is 486 g/mol. The summed E-state index contributed by atoms with van der Waals surface area (Å²) in [5.74, 6) is 0.427. The Labute approximate surface area is 180 Å². The van der Waals surface area contributed by atoms with Gasteiger partial charge in [0, 0.05) is 38.3 Å². The smallest absolute Gasteiger partial charge is 0.357 e. The van der Waals surface area contributed by atoms with Gasteiger partial charge < -0.3 is 16.0 Å². The first kappa shape index (κ1) is 24.5. The molecule has 0 bridgehead atoms. The molecule has 0 radical (unpaired) electrons. The molecule has 1 aliphatic heterocycles. The van der Waals surface area contributed by atoms with E-state index in [1.165, 1.54) is 11.8 Å². The van der Waals surface area contributed by atoms with Crippen LogP contribution in [0.2, 0.25) is 0 Å². The highest BCUT2D eigenvalue weighted by molar-refractivity contribution is 14.0. The first-order valence-electron chi connectivity index (χ1n) is 8.95. The predicted octanol–water partition coefficient (Wildman–Crippen LogP) is 2.95. The van der Waals surface area contributed by atoms with Gasteiger partial charge in [0.15, 0.2) is 5.96 Å². The quantitative estimate of drug-likeness (QED) is 0.311. The molecule has 1 fully saturated rings. The molecule has 1 heterocycles. The monoisotopic (exact) mass is 513 g/mol. The third-order valence-corrected chi connectivity index (χ3v) is 4.03. The van der Waals surface area contributed by atoms with E-state index < -0.39 is 12.7 Å². The minimum atomic E-state index is -4.17. The van der Waals surface area contributed by atoms with Gasteiger partial charge in [0.1, 0.15) is 0 Å². The summed E-state index contributed by atoms with van der Waals surface area (Å²) in [6, 6.07) is 7.30. The second-order valence-corrected chi connectivity index (χ2v) is 6.56. The number of nitrogens with zero attached hydrogens (tertiary/aromatic N) is 2. The zero-order valence-corrected chi connectivity index (χ0v) is 18.3. The van der Waals surface area contributed by atoms with Gasteiger partial charge in [-0.3, -0.25) is 9.69 Å². The Kier molecular flexibility index (Phi) is 10.0. The number of nitrogens with one attached hydrogen (secondary N) is 3. The predicted molar refractivity (Wildman–Crippen MR) is 115 cm³/mol. The number of hydrogen-bond donors (Lipinski definition) is 3. The number of alkyl halides is 3. The second kappa shape index (κ2) is 11.4. The number of aliphatic imine (C=N–C) groups is 1. The maximum absolute atomic E-state index is 12.5. The molecule has 1 saturated heterocycles. The summed E-state index contributed by atoms with van der Waals surface area (Å²) in [4.78, 5) is 17.1. The Hall–Kier alpha value is -1.56. The third kappa shape index (κ3) is 9.09. The standard InChI is InChI=1S/C18H26F3N5O.HI/c1-3-22-17(25-16-7-8-26(11-16)12-18(19,20)21)23-10-14-5-4-6-15(9-14)24-13(2)27;/h4-6,9,16H,3,7-8,10-12H2,1-2H3,(H,24,27)(H2,22,23,25);1H. The summed E-state index contributed by atoms with van der Waals surface area (Å²) in [5.41, 5.74) is 1.62. The average Bonchev–Trinajstić information content (AvgIpc) is 2.97. The van der Waals surface area contributed by atoms with E-state index in [4.69, 9.17) is 0 Å². The Morgan fingerprint density at radius 2 is 2.11 bits per heavy atom. The van der Waals surface area contributed by atoms with Crippen LogP contribution in [0.15, 0.2) is 29.3 Å². The molecule has 158 valence electrons. The summed E-state index contributed by atoms with van der Waals surface area (Å²) in [7, 11) is 0. The van der Waals surface area contributed by atoms with Crippen LogP contribution >= 0.6 is 24.0 Å². The molecule has 1 amide bonds. The Morgan fingerprint density at radius 1 is 1.36 bits per heavy atom. The van der Waals surface area contributed by atoms with E-state index >= 15 is 0 Å². The van der Waals surface area contributed by atoms with Crippen LogP contribution in [-0.2, 0) is 11.3 Å². The maximum atomic E-state index is 12.5. The highest BCUT2D eigenvalue weighted by Gasteiger charge is 2.34. The van der Waals surface area contributed by atoms with Crippen LogP contribution in [0.5, 0.6) is 0 Å². The summed E-state index contributed by atoms with van der Waals surface area (Å²) in [5, 5.41) is 9.05. The zero-order valence-electron chi connectivity index (χ0n) is 16.0. The van der Waals surface area contributed by atoms with E-state index in [0.717, 1.165) is 5.56 Å². The number of likely N-dealkylation sites (tertiary alicyclic amines) is 1. The zero-order chi connectivity index (χ0) is 19.9. The lowest BCUT2D eigenvalue weighted by Crippen LogP contribution is -2.45. The fourth-order valence-corrected chi connectivity index (χ4v) is 2.98. The lowest BCUT2D eigenvalue weighted by molar-refractivity contribution is -0.143. The number of guanidine groups is 1. The van der Waals surface area contributed by atoms with E-state index in [9.17, 15) is 18.0 Å². The number of carbonyl (C=O) groups is 1. The van der Waals surface area contributed by atoms with Gasteiger partial charge in [0.05, 0.1) is 13.1 Å². The first-order chi connectivity index (χ1) is 12.7. The molecule has 0 aliphatic carbocycles. The van der Waals surface area contributed by atoms with Crippen LogP contribution in [0.3, 0.4) is 0 Å². The fraction of sp³-hybridized carbons (Fsp3) is 0.556. The SMILES string of the molecule is CCNC(=NCc1cccc(NC(C)=O)c1)NC1CCN(CC(F)(F)F)C1.I. The van der Waals surface area contributed by atoms with Gasteiger partial charge in [0.25, 0.3) is 0 Å². The molecule has 10 heteroatoms. The van der Waals surface area contributed by atoms with E-state index in [2.05, 4.69) is 20.9 Å². The van der Waals surface area contributed by atoms with Gasteiger partial charge in [-0.2, -0.15) is 13.2 Å². The molecule has 0 saturated carbocycles. The summed E-state index contributed by atoms with van der Waals surface area (Å²) in [6.45, 7) is 4.28. The first-order valence-corrected chi connectivity index (χ1v) is 8.95. The molecule has 1 aromatic rings. The van der Waals surface area contributed by atoms with E-state index in [1.54, 1.807) is 6.07 Å². The Balaban J connectivity index is 0.00000392. The number of hydrogen-bond acceptors (Lipinski definition) is 3. The summed E-state index contributed by atoms with van der Waals surface area (Å²) < 4.78 is 37.5. The number of benzene rings is 1. The Bertz CT molecular complexity index is 669. The van der Waals surface area contributed by atoms with E-state index in [0.29, 0.717) is 44.2 Å². The largest absolute Gasteiger partial charge is 0.401 e. The molecule has 1 aromatic carbocycles. The van der Waals surface area contributed by atoms with Crippen molar-refractivity contribution < 1.29 is 18.0 Å². The van der Waals surface area contributed by atoms with Crippen molar-refractivity contribution in [1.82, 2.24) is 15.5 Å². The average molecular weight is 513 g/mol. The van der Waals surface area contributed by atoms with Gasteiger partial charge in [-0.15, -0.1) is 24.0 Å². The van der Waals surface area contributed by atoms with Gasteiger partial charge >= 0.3 is 6.18 Å². The summed E-state index contributed by atoms with van der Waals surface area (Å²) >= 11 is 0. The number of halogens is 4. The molecule has 1 unspecified atom stereocenters. The van der Waals surface area contributed by atoms with Gasteiger partial charge in [0.2, 0.25) is 5.91 Å². The van der Waals surface area contributed by atoms with Crippen molar-refractivity contribution in [3.05, 3.63) is 29.8 Å². The van der Waals surface area contributed by atoms with Gasteiger partial charge in [-0.05, 0) is 31.0 Å². The van der Waals surface area contributed by atoms with Crippen LogP contribution in [-0.4, -0.2) is 55.2 Å². The topological polar surface area (TPSA) is 68.8 Å². The molecule has 6 nitrogen and oxygen atoms in total. The van der Waals surface area contributed by atoms with Crippen molar-refractivity contribution in [2.24, 2.45) is 4.99 Å². The fourth-order valence-electron chi connectivity index (χ4n) is 2.98. The van der Waals surface area contributed by atoms with Crippen molar-refractivity contribution in [3.63, 3.8) is 0 Å². The van der Waals surface area contributed by atoms with Crippen LogP contribution in [0.4, 0.5) is 18.9 Å². The van der Waals surface area contributed by atoms with Crippen LogP contribution in [0.25, 0.3) is 0 Å². The number of carbonyl (C=O) groups excluding carboxylic acids is 1. The van der Waals surface area contributed by atoms with Crippen molar-refractivity contribution in [2.45, 2.75) is 39.0 Å². The molecule has 0 spiro atoms. The van der Waals surface area contributed by atoms with Gasteiger partial charge in [-0.1, -0.05) is 12.1 Å². The molecule has 28 heavy (non-hydrogen) atoms. The Morgan fingerprint density at radius 3 is 2.75 bits per heavy atom. The number of amides is 1. The third-order valence-electron chi connectivity index (χ3n) is 4.03. The highest BCUT2D eigenvalue weighted by Crippen LogP contribution is 2.20. The van der Waals surface area contributed by atoms with Gasteiger partial charge in [-0.25, -0.2) is 4.99 Å². The minimum absolute atomic E-state index is 0. The number of anilines is 1. The molecule has 1 aliphatic rings. The van der Waals surface area contributed by atoms with E-state index in [1.807, 2.05) is 25.1 Å². The van der Waals surface area contributed by atoms with Crippen molar-refractivity contribution in [3.8, 4) is 0 Å². The number of rotatable bonds is 6. The van der Waals surface area contributed by atoms with Crippen LogP contribution < -0.4 is 16.0 Å². The van der Waals surface area contributed by atoms with Crippen molar-refractivity contribution >= 4 is 41.5 Å². The molecule has 0 aromatic heterocycles. The normalized spacial score (nSPS) is 17.8.